The Hall–Kier alpha value is -3.76. The first kappa shape index (κ1) is 32.2. The van der Waals surface area contributed by atoms with Crippen LogP contribution in [0.15, 0.2) is 79.0 Å². The number of hydrogen-bond donors (Lipinski definition) is 4. The van der Waals surface area contributed by atoms with E-state index in [2.05, 4.69) is 29.4 Å². The molecule has 3 heterocycles. The quantitative estimate of drug-likeness (QED) is 0.169. The van der Waals surface area contributed by atoms with Gasteiger partial charge >= 0.3 is 0 Å². The molecular formula is C37H45N3O5Si. The maximum Gasteiger partial charge on any atom is 0.228 e. The molecule has 1 aromatic heterocycles. The lowest BCUT2D eigenvalue weighted by Crippen LogP contribution is -2.48. The molecule has 2 amide bonds. The number of anilines is 1. The Kier molecular flexibility index (Phi) is 9.47. The second-order valence-corrected chi connectivity index (χ2v) is 17.6. The van der Waals surface area contributed by atoms with Gasteiger partial charge in [0.25, 0.3) is 0 Å². The molecule has 46 heavy (non-hydrogen) atoms. The molecule has 5 atom stereocenters. The number of carbonyl (C=O) groups excluding carboxylic acids is 2. The van der Waals surface area contributed by atoms with Crippen LogP contribution in [0.1, 0.15) is 42.0 Å². The third-order valence-electron chi connectivity index (χ3n) is 9.94. The summed E-state index contributed by atoms with van der Waals surface area (Å²) in [5.41, 5.74) is 6.04. The number of aromatic nitrogens is 1. The highest BCUT2D eigenvalue weighted by atomic mass is 28.4. The van der Waals surface area contributed by atoms with Crippen LogP contribution in [0.5, 0.6) is 0 Å². The summed E-state index contributed by atoms with van der Waals surface area (Å²) in [6, 6.07) is 23.7. The van der Waals surface area contributed by atoms with Crippen molar-refractivity contribution in [2.75, 3.05) is 11.9 Å². The predicted octanol–water partition coefficient (Wildman–Crippen LogP) is 5.59. The molecule has 8 nitrogen and oxygen atoms in total. The number of aliphatic hydroxyl groups excluding tert-OH is 1. The summed E-state index contributed by atoms with van der Waals surface area (Å²) in [6.45, 7) is 6.41. The van der Waals surface area contributed by atoms with Gasteiger partial charge in [-0.25, -0.2) is 0 Å². The number of amides is 2. The van der Waals surface area contributed by atoms with Crippen molar-refractivity contribution in [1.82, 2.24) is 9.88 Å². The molecule has 2 aliphatic rings. The smallest absolute Gasteiger partial charge is 0.228 e. The molecule has 6 rings (SSSR count). The first-order chi connectivity index (χ1) is 22.1. The zero-order chi connectivity index (χ0) is 32.4. The van der Waals surface area contributed by atoms with E-state index in [1.807, 2.05) is 80.0 Å². The van der Waals surface area contributed by atoms with Crippen molar-refractivity contribution < 1.29 is 24.2 Å². The van der Waals surface area contributed by atoms with Gasteiger partial charge in [0.15, 0.2) is 8.32 Å². The number of para-hydroxylation sites is 1. The van der Waals surface area contributed by atoms with E-state index in [9.17, 15) is 19.5 Å². The van der Waals surface area contributed by atoms with Crippen LogP contribution in [0.2, 0.25) is 18.6 Å². The summed E-state index contributed by atoms with van der Waals surface area (Å²) in [6.07, 6.45) is 4.03. The number of aliphatic hydroxyl groups is 1. The molecule has 0 spiro atoms. The largest absolute Gasteiger partial charge is 0.432 e. The molecule has 0 aliphatic carbocycles. The lowest BCUT2D eigenvalue weighted by Gasteiger charge is -2.37. The van der Waals surface area contributed by atoms with Crippen molar-refractivity contribution in [3.8, 4) is 0 Å². The van der Waals surface area contributed by atoms with E-state index >= 15 is 0 Å². The Bertz CT molecular complexity index is 1700. The van der Waals surface area contributed by atoms with E-state index in [0.717, 1.165) is 46.1 Å². The van der Waals surface area contributed by atoms with Gasteiger partial charge in [-0.05, 0) is 78.7 Å². The van der Waals surface area contributed by atoms with Crippen LogP contribution in [-0.4, -0.2) is 64.8 Å². The molecule has 3 aromatic carbocycles. The summed E-state index contributed by atoms with van der Waals surface area (Å²) >= 11 is 0. The fourth-order valence-electron chi connectivity index (χ4n) is 7.71. The van der Waals surface area contributed by atoms with Crippen LogP contribution in [0.4, 0.5) is 5.69 Å². The minimum absolute atomic E-state index is 0.0364. The number of benzene rings is 3. The van der Waals surface area contributed by atoms with Crippen LogP contribution < -0.4 is 5.32 Å². The Balaban J connectivity index is 1.08. The molecule has 0 saturated carbocycles. The molecule has 9 heteroatoms. The van der Waals surface area contributed by atoms with Crippen molar-refractivity contribution in [2.45, 2.75) is 82.5 Å². The van der Waals surface area contributed by atoms with Crippen molar-refractivity contribution >= 4 is 36.7 Å². The number of nitrogens with zero attached hydrogens (tertiary/aromatic N) is 1. The SMILES string of the molecule is C[C@@H]1[C@@H]([Si](C)(C)O)[C@H](CC(=O)N2Cc3ccccc3C[C@H]2CO)O[C@@H]1CCc1cccc(NC(=O)Cc2c[nH]c3ccccc23)c1. The number of aromatic amines is 1. The number of ether oxygens (including phenoxy) is 1. The molecule has 4 aromatic rings. The number of H-pyrrole nitrogens is 1. The van der Waals surface area contributed by atoms with E-state index in [0.29, 0.717) is 13.0 Å². The molecular weight excluding hydrogens is 595 g/mol. The van der Waals surface area contributed by atoms with Gasteiger partial charge in [-0.2, -0.15) is 0 Å². The molecule has 4 N–H and O–H groups in total. The fraction of sp³-hybridized carbons (Fsp3) is 0.405. The van der Waals surface area contributed by atoms with E-state index in [1.54, 1.807) is 4.90 Å². The van der Waals surface area contributed by atoms with Gasteiger partial charge in [0.2, 0.25) is 11.8 Å². The van der Waals surface area contributed by atoms with Crippen LogP contribution in [0, 0.1) is 5.92 Å². The van der Waals surface area contributed by atoms with Crippen LogP contribution >= 0.6 is 0 Å². The lowest BCUT2D eigenvalue weighted by atomic mass is 9.93. The average Bonchev–Trinajstić information content (AvgIpc) is 3.58. The Morgan fingerprint density at radius 3 is 2.57 bits per heavy atom. The zero-order valence-corrected chi connectivity index (χ0v) is 27.9. The monoisotopic (exact) mass is 639 g/mol. The van der Waals surface area contributed by atoms with Gasteiger partial charge < -0.3 is 29.8 Å². The minimum Gasteiger partial charge on any atom is -0.432 e. The van der Waals surface area contributed by atoms with Gasteiger partial charge in [-0.3, -0.25) is 9.59 Å². The first-order valence-electron chi connectivity index (χ1n) is 16.4. The molecule has 0 radical (unpaired) electrons. The molecule has 2 aliphatic heterocycles. The minimum atomic E-state index is -2.67. The average molecular weight is 640 g/mol. The maximum absolute atomic E-state index is 13.7. The van der Waals surface area contributed by atoms with Crippen molar-refractivity contribution in [1.29, 1.82) is 0 Å². The molecule has 0 unspecified atom stereocenters. The molecule has 1 saturated heterocycles. The highest BCUT2D eigenvalue weighted by molar-refractivity contribution is 6.71. The van der Waals surface area contributed by atoms with Gasteiger partial charge in [0.05, 0.1) is 37.7 Å². The van der Waals surface area contributed by atoms with Gasteiger partial charge in [-0.15, -0.1) is 0 Å². The predicted molar refractivity (Wildman–Crippen MR) is 183 cm³/mol. The second kappa shape index (κ2) is 13.5. The van der Waals surface area contributed by atoms with Gasteiger partial charge in [0.1, 0.15) is 0 Å². The van der Waals surface area contributed by atoms with E-state index in [4.69, 9.17) is 4.74 Å². The molecule has 1 fully saturated rings. The normalized spacial score (nSPS) is 23.0. The number of nitrogens with one attached hydrogen (secondary N) is 2. The van der Waals surface area contributed by atoms with E-state index in [-0.39, 0.29) is 61.0 Å². The van der Waals surface area contributed by atoms with Crippen LogP contribution in [0.25, 0.3) is 10.9 Å². The van der Waals surface area contributed by atoms with Crippen molar-refractivity contribution in [3.05, 3.63) is 101 Å². The Labute approximate surface area is 271 Å². The topological polar surface area (TPSA) is 115 Å². The summed E-state index contributed by atoms with van der Waals surface area (Å²) in [5, 5.41) is 14.2. The van der Waals surface area contributed by atoms with Gasteiger partial charge in [0, 0.05) is 34.9 Å². The number of aryl methyl sites for hydroxylation is 1. The first-order valence-corrected chi connectivity index (χ1v) is 19.4. The summed E-state index contributed by atoms with van der Waals surface area (Å²) < 4.78 is 6.62. The Morgan fingerprint density at radius 1 is 1.02 bits per heavy atom. The Morgan fingerprint density at radius 2 is 1.78 bits per heavy atom. The summed E-state index contributed by atoms with van der Waals surface area (Å²) in [4.78, 5) is 43.0. The number of carbonyl (C=O) groups is 2. The van der Waals surface area contributed by atoms with E-state index in [1.165, 1.54) is 5.56 Å². The highest BCUT2D eigenvalue weighted by Gasteiger charge is 2.50. The lowest BCUT2D eigenvalue weighted by molar-refractivity contribution is -0.138. The molecule has 242 valence electrons. The number of rotatable bonds is 10. The van der Waals surface area contributed by atoms with Crippen LogP contribution in [-0.2, 0) is 40.1 Å². The van der Waals surface area contributed by atoms with Crippen LogP contribution in [0.3, 0.4) is 0 Å². The third kappa shape index (κ3) is 6.98. The van der Waals surface area contributed by atoms with Gasteiger partial charge in [-0.1, -0.05) is 61.5 Å². The van der Waals surface area contributed by atoms with E-state index < -0.39 is 8.32 Å². The maximum atomic E-state index is 13.7. The number of fused-ring (bicyclic) bond motifs is 2. The summed E-state index contributed by atoms with van der Waals surface area (Å²) in [5.74, 6) is -0.00857. The molecule has 0 bridgehead atoms. The highest BCUT2D eigenvalue weighted by Crippen LogP contribution is 2.46. The van der Waals surface area contributed by atoms with Crippen molar-refractivity contribution in [2.24, 2.45) is 5.92 Å². The fourth-order valence-corrected chi connectivity index (χ4v) is 10.3. The van der Waals surface area contributed by atoms with Crippen molar-refractivity contribution in [3.63, 3.8) is 0 Å². The standard InChI is InChI=1S/C37H45N3O5Si/c1-24-33(16-15-25-9-8-12-29(17-25)39-35(42)19-28-21-38-32-14-7-6-13-31(28)32)45-34(37(24)46(2,3)44)20-36(43)40-22-27-11-5-4-10-26(27)18-30(40)23-41/h4-14,17,21,24,30,33-34,37-38,41,44H,15-16,18-20,22-23H2,1-3H3,(H,39,42)/t24-,30-,33+,34-,37+/m0/s1. The number of hydrogen-bond acceptors (Lipinski definition) is 5. The third-order valence-corrected chi connectivity index (χ3v) is 12.5. The summed E-state index contributed by atoms with van der Waals surface area (Å²) in [7, 11) is -2.67. The second-order valence-electron chi connectivity index (χ2n) is 13.6. The zero-order valence-electron chi connectivity index (χ0n) is 26.9.